The molecule has 1 fully saturated rings. The van der Waals surface area contributed by atoms with E-state index in [4.69, 9.17) is 0 Å². The summed E-state index contributed by atoms with van der Waals surface area (Å²) in [5.74, 6) is -1.16. The quantitative estimate of drug-likeness (QED) is 0.832. The van der Waals surface area contributed by atoms with E-state index in [1.54, 1.807) is 18.2 Å². The van der Waals surface area contributed by atoms with Crippen LogP contribution in [0, 0.1) is 11.6 Å². The Kier molecular flexibility index (Phi) is 4.00. The van der Waals surface area contributed by atoms with Crippen LogP contribution in [0.3, 0.4) is 0 Å². The first-order chi connectivity index (χ1) is 10.5. The normalized spacial score (nSPS) is 16.0. The monoisotopic (exact) mass is 365 g/mol. The van der Waals surface area contributed by atoms with E-state index in [0.29, 0.717) is 22.9 Å². The van der Waals surface area contributed by atoms with Gasteiger partial charge in [0.15, 0.2) is 0 Å². The molecule has 0 spiro atoms. The maximum atomic E-state index is 13.9. The van der Waals surface area contributed by atoms with Gasteiger partial charge in [0.2, 0.25) is 5.91 Å². The van der Waals surface area contributed by atoms with Crippen molar-refractivity contribution in [3.63, 3.8) is 0 Å². The van der Waals surface area contributed by atoms with E-state index in [2.05, 4.69) is 21.2 Å². The Hall–Kier alpha value is -1.75. The highest BCUT2D eigenvalue weighted by Gasteiger charge is 2.45. The third-order valence-corrected chi connectivity index (χ3v) is 4.69. The predicted molar refractivity (Wildman–Crippen MR) is 84.7 cm³/mol. The smallest absolute Gasteiger partial charge is 0.235 e. The minimum atomic E-state index is -0.762. The summed E-state index contributed by atoms with van der Waals surface area (Å²) >= 11 is 3.18. The number of rotatable bonds is 3. The van der Waals surface area contributed by atoms with Gasteiger partial charge in [-0.15, -0.1) is 0 Å². The van der Waals surface area contributed by atoms with Gasteiger partial charge in [-0.2, -0.15) is 0 Å². The Bertz CT molecular complexity index is 728. The average Bonchev–Trinajstić information content (AvgIpc) is 2.41. The van der Waals surface area contributed by atoms with Gasteiger partial charge in [-0.25, -0.2) is 8.78 Å². The molecule has 0 aromatic heterocycles. The lowest BCUT2D eigenvalue weighted by atomic mass is 9.63. The first-order valence-corrected chi connectivity index (χ1v) is 7.83. The van der Waals surface area contributed by atoms with Gasteiger partial charge >= 0.3 is 0 Å². The zero-order valence-electron chi connectivity index (χ0n) is 11.7. The molecule has 22 heavy (non-hydrogen) atoms. The van der Waals surface area contributed by atoms with Gasteiger partial charge in [0, 0.05) is 4.47 Å². The molecule has 1 saturated carbocycles. The van der Waals surface area contributed by atoms with Crippen LogP contribution in [0.4, 0.5) is 14.5 Å². The highest BCUT2D eigenvalue weighted by atomic mass is 79.9. The molecular formula is C17H14BrF2NO. The van der Waals surface area contributed by atoms with Crippen molar-refractivity contribution in [3.8, 4) is 0 Å². The molecule has 2 nitrogen and oxygen atoms in total. The molecule has 0 radical (unpaired) electrons. The molecule has 0 unspecified atom stereocenters. The van der Waals surface area contributed by atoms with Crippen molar-refractivity contribution in [1.82, 2.24) is 0 Å². The summed E-state index contributed by atoms with van der Waals surface area (Å²) in [6.45, 7) is 0. The van der Waals surface area contributed by atoms with Crippen molar-refractivity contribution >= 4 is 27.5 Å². The molecular weight excluding hydrogens is 352 g/mol. The summed E-state index contributed by atoms with van der Waals surface area (Å²) < 4.78 is 27.9. The fourth-order valence-corrected chi connectivity index (χ4v) is 3.13. The summed E-state index contributed by atoms with van der Waals surface area (Å²) in [6, 6.07) is 10.5. The molecule has 0 heterocycles. The first kappa shape index (κ1) is 15.2. The average molecular weight is 366 g/mol. The van der Waals surface area contributed by atoms with Crippen LogP contribution < -0.4 is 5.32 Å². The van der Waals surface area contributed by atoms with Crippen LogP contribution in [-0.4, -0.2) is 5.91 Å². The molecule has 2 aromatic carbocycles. The summed E-state index contributed by atoms with van der Waals surface area (Å²) in [5.41, 5.74) is 0.0198. The Morgan fingerprint density at radius 1 is 1.14 bits per heavy atom. The lowest BCUT2D eigenvalue weighted by Gasteiger charge is -2.40. The van der Waals surface area contributed by atoms with E-state index in [0.717, 1.165) is 6.42 Å². The zero-order valence-corrected chi connectivity index (χ0v) is 13.3. The molecule has 1 amide bonds. The highest BCUT2D eigenvalue weighted by molar-refractivity contribution is 9.10. The first-order valence-electron chi connectivity index (χ1n) is 7.04. The van der Waals surface area contributed by atoms with Crippen LogP contribution in [0.1, 0.15) is 24.8 Å². The zero-order chi connectivity index (χ0) is 15.7. The fraction of sp³-hybridized carbons (Fsp3) is 0.235. The molecule has 3 rings (SSSR count). The maximum absolute atomic E-state index is 13.9. The summed E-state index contributed by atoms with van der Waals surface area (Å²) in [4.78, 5) is 12.7. The second-order valence-corrected chi connectivity index (χ2v) is 6.44. The Balaban J connectivity index is 1.89. The number of benzene rings is 2. The van der Waals surface area contributed by atoms with Gasteiger partial charge in [0.1, 0.15) is 11.6 Å². The molecule has 1 N–H and O–H groups in total. The van der Waals surface area contributed by atoms with E-state index in [-0.39, 0.29) is 17.4 Å². The second-order valence-electron chi connectivity index (χ2n) is 5.52. The van der Waals surface area contributed by atoms with Crippen molar-refractivity contribution in [3.05, 3.63) is 64.1 Å². The van der Waals surface area contributed by atoms with E-state index >= 15 is 0 Å². The molecule has 1 aliphatic carbocycles. The van der Waals surface area contributed by atoms with Crippen LogP contribution in [0.5, 0.6) is 0 Å². The number of hydrogen-bond acceptors (Lipinski definition) is 1. The molecule has 0 bridgehead atoms. The van der Waals surface area contributed by atoms with Crippen molar-refractivity contribution < 1.29 is 13.6 Å². The summed E-state index contributed by atoms with van der Waals surface area (Å²) in [7, 11) is 0. The number of amides is 1. The molecule has 0 aliphatic heterocycles. The fourth-order valence-electron chi connectivity index (χ4n) is 2.80. The van der Waals surface area contributed by atoms with E-state index in [1.807, 2.05) is 0 Å². The molecule has 114 valence electrons. The van der Waals surface area contributed by atoms with Crippen LogP contribution in [0.25, 0.3) is 0 Å². The van der Waals surface area contributed by atoms with Crippen molar-refractivity contribution in [2.75, 3.05) is 5.32 Å². The lowest BCUT2D eigenvalue weighted by molar-refractivity contribution is -0.124. The van der Waals surface area contributed by atoms with E-state index < -0.39 is 11.2 Å². The van der Waals surface area contributed by atoms with Crippen molar-refractivity contribution in [1.29, 1.82) is 0 Å². The maximum Gasteiger partial charge on any atom is 0.235 e. The van der Waals surface area contributed by atoms with Gasteiger partial charge in [0.25, 0.3) is 0 Å². The lowest BCUT2D eigenvalue weighted by Crippen LogP contribution is -2.46. The summed E-state index contributed by atoms with van der Waals surface area (Å²) in [6.07, 6.45) is 2.17. The Morgan fingerprint density at radius 3 is 2.50 bits per heavy atom. The van der Waals surface area contributed by atoms with E-state index in [1.165, 1.54) is 24.3 Å². The second kappa shape index (κ2) is 5.80. The van der Waals surface area contributed by atoms with Gasteiger partial charge in [-0.05, 0) is 48.7 Å². The third kappa shape index (κ3) is 2.65. The Morgan fingerprint density at radius 2 is 1.91 bits per heavy atom. The topological polar surface area (TPSA) is 29.1 Å². The highest BCUT2D eigenvalue weighted by Crippen LogP contribution is 2.44. The third-order valence-electron chi connectivity index (χ3n) is 4.20. The van der Waals surface area contributed by atoms with Crippen molar-refractivity contribution in [2.45, 2.75) is 24.7 Å². The predicted octanol–water partition coefficient (Wildman–Crippen LogP) is 4.79. The molecule has 0 atom stereocenters. The minimum absolute atomic E-state index is 0.135. The number of carbonyl (C=O) groups is 1. The largest absolute Gasteiger partial charge is 0.323 e. The number of carbonyl (C=O) groups excluding carboxylic acids is 1. The molecule has 1 aliphatic rings. The van der Waals surface area contributed by atoms with Gasteiger partial charge in [-0.3, -0.25) is 4.79 Å². The molecule has 5 heteroatoms. The van der Waals surface area contributed by atoms with E-state index in [9.17, 15) is 13.6 Å². The number of anilines is 1. The van der Waals surface area contributed by atoms with Gasteiger partial charge < -0.3 is 5.32 Å². The minimum Gasteiger partial charge on any atom is -0.323 e. The van der Waals surface area contributed by atoms with Crippen LogP contribution in [0.15, 0.2) is 46.9 Å². The SMILES string of the molecule is O=C(Nc1ccc(Br)cc1F)C1(c2cccc(F)c2)CCC1. The summed E-state index contributed by atoms with van der Waals surface area (Å²) in [5, 5.41) is 2.64. The van der Waals surface area contributed by atoms with Crippen LogP contribution in [-0.2, 0) is 10.2 Å². The standard InChI is InChI=1S/C17H14BrF2NO/c18-12-5-6-15(14(20)10-12)21-16(22)17(7-2-8-17)11-3-1-4-13(19)9-11/h1,3-6,9-10H,2,7-8H2,(H,21,22). The van der Waals surface area contributed by atoms with Gasteiger partial charge in [-0.1, -0.05) is 34.5 Å². The van der Waals surface area contributed by atoms with Crippen molar-refractivity contribution in [2.24, 2.45) is 0 Å². The molecule has 2 aromatic rings. The van der Waals surface area contributed by atoms with Crippen LogP contribution in [0.2, 0.25) is 0 Å². The van der Waals surface area contributed by atoms with Crippen LogP contribution >= 0.6 is 15.9 Å². The Labute approximate surface area is 135 Å². The number of nitrogens with one attached hydrogen (secondary N) is 1. The number of halogens is 3. The number of hydrogen-bond donors (Lipinski definition) is 1. The molecule has 0 saturated heterocycles. The van der Waals surface area contributed by atoms with Gasteiger partial charge in [0.05, 0.1) is 11.1 Å².